The molecule has 7 heteroatoms. The normalized spacial score (nSPS) is 13.1. The van der Waals surface area contributed by atoms with E-state index in [1.807, 2.05) is 30.3 Å². The van der Waals surface area contributed by atoms with Crippen molar-refractivity contribution in [2.75, 3.05) is 6.54 Å². The lowest BCUT2D eigenvalue weighted by Gasteiger charge is -2.18. The number of pyridine rings is 1. The lowest BCUT2D eigenvalue weighted by atomic mass is 10.1. The molecule has 0 aliphatic carbocycles. The van der Waals surface area contributed by atoms with Gasteiger partial charge in [-0.15, -0.1) is 0 Å². The molecule has 1 heterocycles. The standard InChI is InChI=1S/C18H22N2O5/c21-11-14-6-8-19-15(10-14)17(23)16(22)7-9-20-18(24)25-12-13-4-2-1-3-5-13/h1-6,8,10,16-17,21-23H,7,9,11-12H2,(H,20,24). The number of carbonyl (C=O) groups is 1. The monoisotopic (exact) mass is 346 g/mol. The fraction of sp³-hybridized carbons (Fsp3) is 0.333. The fourth-order valence-corrected chi connectivity index (χ4v) is 2.21. The van der Waals surface area contributed by atoms with Crippen LogP contribution in [0.4, 0.5) is 4.79 Å². The van der Waals surface area contributed by atoms with Gasteiger partial charge in [0, 0.05) is 12.7 Å². The Bertz CT molecular complexity index is 666. The van der Waals surface area contributed by atoms with Crippen LogP contribution in [0.2, 0.25) is 0 Å². The van der Waals surface area contributed by atoms with E-state index in [1.54, 1.807) is 6.07 Å². The van der Waals surface area contributed by atoms with Gasteiger partial charge in [0.15, 0.2) is 0 Å². The summed E-state index contributed by atoms with van der Waals surface area (Å²) in [4.78, 5) is 15.6. The van der Waals surface area contributed by atoms with Crippen LogP contribution >= 0.6 is 0 Å². The summed E-state index contributed by atoms with van der Waals surface area (Å²) in [6.07, 6.45) is -1.31. The molecule has 2 rings (SSSR count). The number of aliphatic hydroxyl groups is 3. The highest BCUT2D eigenvalue weighted by Crippen LogP contribution is 2.17. The number of carbonyl (C=O) groups excluding carboxylic acids is 1. The first kappa shape index (κ1) is 18.9. The number of hydrogen-bond acceptors (Lipinski definition) is 6. The maximum absolute atomic E-state index is 11.6. The van der Waals surface area contributed by atoms with Gasteiger partial charge in [-0.2, -0.15) is 0 Å². The number of ether oxygens (including phenoxy) is 1. The van der Waals surface area contributed by atoms with Crippen molar-refractivity contribution >= 4 is 6.09 Å². The minimum atomic E-state index is -1.20. The second-order valence-corrected chi connectivity index (χ2v) is 5.54. The first-order valence-electron chi connectivity index (χ1n) is 7.96. The zero-order chi connectivity index (χ0) is 18.1. The third kappa shape index (κ3) is 6.15. The average molecular weight is 346 g/mol. The summed E-state index contributed by atoms with van der Waals surface area (Å²) in [6.45, 7) is 0.133. The second kappa shape index (κ2) is 9.73. The zero-order valence-electron chi connectivity index (χ0n) is 13.7. The van der Waals surface area contributed by atoms with Crippen LogP contribution in [0, 0.1) is 0 Å². The summed E-state index contributed by atoms with van der Waals surface area (Å²) in [5, 5.41) is 31.7. The Kier molecular flexibility index (Phi) is 7.34. The molecule has 0 aliphatic heterocycles. The van der Waals surface area contributed by atoms with E-state index in [0.717, 1.165) is 5.56 Å². The van der Waals surface area contributed by atoms with Gasteiger partial charge >= 0.3 is 6.09 Å². The number of benzene rings is 1. The summed E-state index contributed by atoms with van der Waals surface area (Å²) < 4.78 is 5.05. The number of aromatic nitrogens is 1. The first-order valence-corrected chi connectivity index (χ1v) is 7.96. The molecule has 0 aliphatic rings. The molecule has 0 bridgehead atoms. The fourth-order valence-electron chi connectivity index (χ4n) is 2.21. The van der Waals surface area contributed by atoms with Gasteiger partial charge in [-0.05, 0) is 29.7 Å². The molecule has 0 fully saturated rings. The number of rotatable bonds is 8. The van der Waals surface area contributed by atoms with E-state index in [4.69, 9.17) is 9.84 Å². The van der Waals surface area contributed by atoms with Crippen LogP contribution in [0.1, 0.15) is 29.3 Å². The Labute approximate surface area is 145 Å². The topological polar surface area (TPSA) is 112 Å². The van der Waals surface area contributed by atoms with Crippen molar-refractivity contribution in [2.24, 2.45) is 0 Å². The molecule has 7 nitrogen and oxygen atoms in total. The van der Waals surface area contributed by atoms with E-state index in [-0.39, 0.29) is 31.9 Å². The summed E-state index contributed by atoms with van der Waals surface area (Å²) in [7, 11) is 0. The van der Waals surface area contributed by atoms with Crippen LogP contribution in [-0.2, 0) is 18.0 Å². The van der Waals surface area contributed by atoms with Gasteiger partial charge in [0.05, 0.1) is 18.4 Å². The molecule has 2 aromatic rings. The smallest absolute Gasteiger partial charge is 0.407 e. The van der Waals surface area contributed by atoms with Crippen molar-refractivity contribution in [3.8, 4) is 0 Å². The molecule has 4 N–H and O–H groups in total. The Hall–Kier alpha value is -2.48. The van der Waals surface area contributed by atoms with Gasteiger partial charge in [0.1, 0.15) is 12.7 Å². The van der Waals surface area contributed by atoms with Crippen molar-refractivity contribution in [2.45, 2.75) is 31.8 Å². The third-order valence-corrected chi connectivity index (χ3v) is 3.62. The summed E-state index contributed by atoms with van der Waals surface area (Å²) in [5.41, 5.74) is 1.74. The second-order valence-electron chi connectivity index (χ2n) is 5.54. The molecule has 2 atom stereocenters. The molecule has 1 aromatic carbocycles. The number of alkyl carbamates (subject to hydrolysis) is 1. The van der Waals surface area contributed by atoms with Gasteiger partial charge in [-0.1, -0.05) is 30.3 Å². The first-order chi connectivity index (χ1) is 12.1. The maximum atomic E-state index is 11.6. The van der Waals surface area contributed by atoms with Gasteiger partial charge in [0.2, 0.25) is 0 Å². The molecule has 0 spiro atoms. The van der Waals surface area contributed by atoms with E-state index in [9.17, 15) is 15.0 Å². The summed E-state index contributed by atoms with van der Waals surface area (Å²) >= 11 is 0. The molecule has 1 aromatic heterocycles. The Morgan fingerprint density at radius 1 is 1.16 bits per heavy atom. The lowest BCUT2D eigenvalue weighted by Crippen LogP contribution is -2.30. The van der Waals surface area contributed by atoms with E-state index in [2.05, 4.69) is 10.3 Å². The average Bonchev–Trinajstić information content (AvgIpc) is 2.66. The molecule has 0 saturated heterocycles. The highest BCUT2D eigenvalue weighted by Gasteiger charge is 2.20. The van der Waals surface area contributed by atoms with Gasteiger partial charge in [-0.3, -0.25) is 4.98 Å². The quantitative estimate of drug-likeness (QED) is 0.573. The largest absolute Gasteiger partial charge is 0.445 e. The maximum Gasteiger partial charge on any atom is 0.407 e. The summed E-state index contributed by atoms with van der Waals surface area (Å²) in [5.74, 6) is 0. The molecule has 25 heavy (non-hydrogen) atoms. The SMILES string of the molecule is O=C(NCCC(O)C(O)c1cc(CO)ccn1)OCc1ccccc1. The predicted molar refractivity (Wildman–Crippen MR) is 90.4 cm³/mol. The molecule has 0 saturated carbocycles. The number of nitrogens with zero attached hydrogens (tertiary/aromatic N) is 1. The molecular formula is C18H22N2O5. The van der Waals surface area contributed by atoms with Crippen LogP contribution in [0.25, 0.3) is 0 Å². The van der Waals surface area contributed by atoms with Crippen LogP contribution < -0.4 is 5.32 Å². The van der Waals surface area contributed by atoms with Gasteiger partial charge < -0.3 is 25.4 Å². The van der Waals surface area contributed by atoms with Crippen LogP contribution in [0.3, 0.4) is 0 Å². The van der Waals surface area contributed by atoms with E-state index < -0.39 is 18.3 Å². The third-order valence-electron chi connectivity index (χ3n) is 3.62. The predicted octanol–water partition coefficient (Wildman–Crippen LogP) is 1.28. The molecule has 134 valence electrons. The van der Waals surface area contributed by atoms with E-state index in [0.29, 0.717) is 5.56 Å². The van der Waals surface area contributed by atoms with Crippen LogP contribution in [0.15, 0.2) is 48.7 Å². The zero-order valence-corrected chi connectivity index (χ0v) is 13.7. The molecular weight excluding hydrogens is 324 g/mol. The highest BCUT2D eigenvalue weighted by atomic mass is 16.5. The van der Waals surface area contributed by atoms with Crippen molar-refractivity contribution in [3.63, 3.8) is 0 Å². The van der Waals surface area contributed by atoms with Gasteiger partial charge in [0.25, 0.3) is 0 Å². The lowest BCUT2D eigenvalue weighted by molar-refractivity contribution is 0.0110. The Morgan fingerprint density at radius 3 is 2.64 bits per heavy atom. The van der Waals surface area contributed by atoms with Crippen molar-refractivity contribution in [3.05, 3.63) is 65.5 Å². The molecule has 2 unspecified atom stereocenters. The number of amides is 1. The van der Waals surface area contributed by atoms with E-state index >= 15 is 0 Å². The van der Waals surface area contributed by atoms with Crippen molar-refractivity contribution in [1.82, 2.24) is 10.3 Å². The van der Waals surface area contributed by atoms with Gasteiger partial charge in [-0.25, -0.2) is 4.79 Å². The Morgan fingerprint density at radius 2 is 1.92 bits per heavy atom. The number of aliphatic hydroxyl groups excluding tert-OH is 3. The minimum absolute atomic E-state index is 0.132. The summed E-state index contributed by atoms with van der Waals surface area (Å²) in [6, 6.07) is 12.4. The van der Waals surface area contributed by atoms with E-state index in [1.165, 1.54) is 12.3 Å². The minimum Gasteiger partial charge on any atom is -0.445 e. The van der Waals surface area contributed by atoms with Crippen LogP contribution in [-0.4, -0.2) is 39.0 Å². The van der Waals surface area contributed by atoms with Crippen molar-refractivity contribution in [1.29, 1.82) is 0 Å². The highest BCUT2D eigenvalue weighted by molar-refractivity contribution is 5.67. The van der Waals surface area contributed by atoms with Crippen LogP contribution in [0.5, 0.6) is 0 Å². The molecule has 0 radical (unpaired) electrons. The molecule has 1 amide bonds. The number of nitrogens with one attached hydrogen (secondary N) is 1. The Balaban J connectivity index is 1.71. The number of hydrogen-bond donors (Lipinski definition) is 4. The van der Waals surface area contributed by atoms with Crippen molar-refractivity contribution < 1.29 is 24.9 Å².